The lowest BCUT2D eigenvalue weighted by molar-refractivity contribution is -0.384. The molecule has 156 valence electrons. The average Bonchev–Trinajstić information content (AvgIpc) is 3.20. The van der Waals surface area contributed by atoms with Gasteiger partial charge in [0.05, 0.1) is 27.9 Å². The molecule has 2 heterocycles. The fourth-order valence-corrected chi connectivity index (χ4v) is 4.54. The molecule has 0 N–H and O–H groups in total. The fraction of sp³-hybridized carbons (Fsp3) is 0.300. The highest BCUT2D eigenvalue weighted by Gasteiger charge is 2.24. The molecule has 0 radical (unpaired) electrons. The second-order valence-corrected chi connectivity index (χ2v) is 8.21. The standard InChI is InChI=1S/C20H19ClN4O4S/c21-16-2-1-3-17-18(16)22-20(30-17)24(9-8-23-10-12-29-13-11-23)19(26)14-4-6-15(7-5-14)25(27)28/h1-7H,8-13H2. The Morgan fingerprint density at radius 2 is 1.97 bits per heavy atom. The van der Waals surface area contributed by atoms with Gasteiger partial charge in [-0.05, 0) is 24.3 Å². The van der Waals surface area contributed by atoms with Gasteiger partial charge in [-0.15, -0.1) is 0 Å². The lowest BCUT2D eigenvalue weighted by Crippen LogP contribution is -2.43. The first kappa shape index (κ1) is 20.7. The number of amides is 1. The fourth-order valence-electron chi connectivity index (χ4n) is 3.25. The number of aromatic nitrogens is 1. The Bertz CT molecular complexity index is 1070. The van der Waals surface area contributed by atoms with Gasteiger partial charge < -0.3 is 4.74 Å². The molecular weight excluding hydrogens is 428 g/mol. The second-order valence-electron chi connectivity index (χ2n) is 6.80. The number of nitro groups is 1. The number of fused-ring (bicyclic) bond motifs is 1. The van der Waals surface area contributed by atoms with Gasteiger partial charge in [0.15, 0.2) is 5.13 Å². The van der Waals surface area contributed by atoms with Crippen molar-refractivity contribution >= 4 is 49.9 Å². The highest BCUT2D eigenvalue weighted by Crippen LogP contribution is 2.33. The summed E-state index contributed by atoms with van der Waals surface area (Å²) >= 11 is 7.67. The minimum atomic E-state index is -0.486. The van der Waals surface area contributed by atoms with Crippen molar-refractivity contribution in [2.75, 3.05) is 44.3 Å². The average molecular weight is 447 g/mol. The van der Waals surface area contributed by atoms with Crippen LogP contribution in [0.4, 0.5) is 10.8 Å². The predicted octanol–water partition coefficient (Wildman–Crippen LogP) is 3.84. The molecular formula is C20H19ClN4O4S. The van der Waals surface area contributed by atoms with Gasteiger partial charge in [0.25, 0.3) is 11.6 Å². The number of halogens is 1. The Labute approximate surface area is 181 Å². The monoisotopic (exact) mass is 446 g/mol. The number of non-ortho nitro benzene ring substituents is 1. The molecule has 1 amide bonds. The molecule has 1 aliphatic heterocycles. The van der Waals surface area contributed by atoms with Gasteiger partial charge in [0, 0.05) is 43.9 Å². The molecule has 2 aromatic carbocycles. The molecule has 0 spiro atoms. The van der Waals surface area contributed by atoms with Gasteiger partial charge in [-0.3, -0.25) is 24.7 Å². The van der Waals surface area contributed by atoms with E-state index in [-0.39, 0.29) is 11.6 Å². The molecule has 4 rings (SSSR count). The summed E-state index contributed by atoms with van der Waals surface area (Å²) in [6.45, 7) is 4.08. The van der Waals surface area contributed by atoms with Crippen LogP contribution in [-0.2, 0) is 4.74 Å². The number of nitro benzene ring substituents is 1. The van der Waals surface area contributed by atoms with Crippen molar-refractivity contribution in [1.29, 1.82) is 0 Å². The molecule has 1 aliphatic rings. The third-order valence-corrected chi connectivity index (χ3v) is 6.25. The Balaban J connectivity index is 1.63. The quantitative estimate of drug-likeness (QED) is 0.422. The van der Waals surface area contributed by atoms with Crippen LogP contribution in [0.3, 0.4) is 0 Å². The molecule has 0 atom stereocenters. The van der Waals surface area contributed by atoms with Crippen LogP contribution in [0.1, 0.15) is 10.4 Å². The Morgan fingerprint density at radius 1 is 1.23 bits per heavy atom. The van der Waals surface area contributed by atoms with Crippen molar-refractivity contribution in [1.82, 2.24) is 9.88 Å². The van der Waals surface area contributed by atoms with E-state index in [9.17, 15) is 14.9 Å². The summed E-state index contributed by atoms with van der Waals surface area (Å²) in [6.07, 6.45) is 0. The maximum absolute atomic E-state index is 13.3. The Morgan fingerprint density at radius 3 is 2.63 bits per heavy atom. The van der Waals surface area contributed by atoms with Gasteiger partial charge in [0.2, 0.25) is 0 Å². The summed E-state index contributed by atoms with van der Waals surface area (Å²) < 4.78 is 6.28. The number of carbonyl (C=O) groups excluding carboxylic acids is 1. The van der Waals surface area contributed by atoms with Crippen LogP contribution in [-0.4, -0.2) is 60.1 Å². The van der Waals surface area contributed by atoms with Gasteiger partial charge >= 0.3 is 0 Å². The first-order chi connectivity index (χ1) is 14.5. The van der Waals surface area contributed by atoms with Crippen molar-refractivity contribution in [2.45, 2.75) is 0 Å². The molecule has 10 heteroatoms. The van der Waals surface area contributed by atoms with E-state index in [2.05, 4.69) is 9.88 Å². The van der Waals surface area contributed by atoms with E-state index in [1.807, 2.05) is 12.1 Å². The molecule has 1 fully saturated rings. The molecule has 30 heavy (non-hydrogen) atoms. The van der Waals surface area contributed by atoms with E-state index in [1.165, 1.54) is 35.6 Å². The lowest BCUT2D eigenvalue weighted by atomic mass is 10.2. The first-order valence-electron chi connectivity index (χ1n) is 9.44. The predicted molar refractivity (Wildman–Crippen MR) is 117 cm³/mol. The molecule has 0 aliphatic carbocycles. The molecule has 3 aromatic rings. The molecule has 8 nitrogen and oxygen atoms in total. The minimum absolute atomic E-state index is 0.0572. The van der Waals surface area contributed by atoms with E-state index >= 15 is 0 Å². The summed E-state index contributed by atoms with van der Waals surface area (Å²) in [5.41, 5.74) is 0.971. The van der Waals surface area contributed by atoms with E-state index < -0.39 is 4.92 Å². The van der Waals surface area contributed by atoms with Crippen molar-refractivity contribution in [3.63, 3.8) is 0 Å². The summed E-state index contributed by atoms with van der Waals surface area (Å²) in [7, 11) is 0. The van der Waals surface area contributed by atoms with Crippen LogP contribution >= 0.6 is 22.9 Å². The number of nitrogens with zero attached hydrogens (tertiary/aromatic N) is 4. The van der Waals surface area contributed by atoms with Gasteiger partial charge in [-0.25, -0.2) is 4.98 Å². The van der Waals surface area contributed by atoms with Crippen molar-refractivity contribution in [3.8, 4) is 0 Å². The van der Waals surface area contributed by atoms with E-state index in [0.29, 0.717) is 47.5 Å². The van der Waals surface area contributed by atoms with Crippen molar-refractivity contribution < 1.29 is 14.5 Å². The largest absolute Gasteiger partial charge is 0.379 e. The number of benzene rings is 2. The Kier molecular flexibility index (Phi) is 6.24. The smallest absolute Gasteiger partial charge is 0.269 e. The highest BCUT2D eigenvalue weighted by molar-refractivity contribution is 7.22. The zero-order valence-corrected chi connectivity index (χ0v) is 17.6. The minimum Gasteiger partial charge on any atom is -0.379 e. The van der Waals surface area contributed by atoms with Gasteiger partial charge in [-0.1, -0.05) is 29.0 Å². The van der Waals surface area contributed by atoms with E-state index in [1.54, 1.807) is 11.0 Å². The second kappa shape index (κ2) is 9.05. The third kappa shape index (κ3) is 4.44. The van der Waals surface area contributed by atoms with Crippen LogP contribution < -0.4 is 4.90 Å². The van der Waals surface area contributed by atoms with Gasteiger partial charge in [0.1, 0.15) is 5.52 Å². The number of morpholine rings is 1. The molecule has 1 aromatic heterocycles. The summed E-state index contributed by atoms with van der Waals surface area (Å²) in [5.74, 6) is -0.256. The first-order valence-corrected chi connectivity index (χ1v) is 10.6. The number of hydrogen-bond donors (Lipinski definition) is 0. The summed E-state index contributed by atoms with van der Waals surface area (Å²) in [6, 6.07) is 11.2. The normalized spacial score (nSPS) is 14.7. The topological polar surface area (TPSA) is 88.8 Å². The number of para-hydroxylation sites is 1. The van der Waals surface area contributed by atoms with E-state index in [4.69, 9.17) is 16.3 Å². The number of ether oxygens (including phenoxy) is 1. The SMILES string of the molecule is O=C(c1ccc([N+](=O)[O-])cc1)N(CCN1CCOCC1)c1nc2c(Cl)cccc2s1. The maximum atomic E-state index is 13.3. The van der Waals surface area contributed by atoms with Crippen LogP contribution in [0.5, 0.6) is 0 Å². The summed E-state index contributed by atoms with van der Waals surface area (Å²) in [4.78, 5) is 32.2. The highest BCUT2D eigenvalue weighted by atomic mass is 35.5. The number of thiazole rings is 1. The zero-order valence-electron chi connectivity index (χ0n) is 16.0. The lowest BCUT2D eigenvalue weighted by Gasteiger charge is -2.29. The number of hydrogen-bond acceptors (Lipinski definition) is 7. The Hall–Kier alpha value is -2.59. The summed E-state index contributed by atoms with van der Waals surface area (Å²) in [5, 5.41) is 12.0. The van der Waals surface area contributed by atoms with Crippen LogP contribution in [0.25, 0.3) is 10.2 Å². The molecule has 0 saturated carbocycles. The number of rotatable bonds is 6. The molecule has 0 unspecified atom stereocenters. The molecule has 1 saturated heterocycles. The van der Waals surface area contributed by atoms with Crippen molar-refractivity contribution in [2.24, 2.45) is 0 Å². The third-order valence-electron chi connectivity index (χ3n) is 4.90. The van der Waals surface area contributed by atoms with Crippen LogP contribution in [0.15, 0.2) is 42.5 Å². The van der Waals surface area contributed by atoms with Crippen molar-refractivity contribution in [3.05, 3.63) is 63.2 Å². The number of anilines is 1. The van der Waals surface area contributed by atoms with Crippen LogP contribution in [0.2, 0.25) is 5.02 Å². The van der Waals surface area contributed by atoms with E-state index in [0.717, 1.165) is 17.8 Å². The van der Waals surface area contributed by atoms with Crippen LogP contribution in [0, 0.1) is 10.1 Å². The maximum Gasteiger partial charge on any atom is 0.269 e. The van der Waals surface area contributed by atoms with Gasteiger partial charge in [-0.2, -0.15) is 0 Å². The number of carbonyl (C=O) groups is 1. The molecule has 0 bridgehead atoms. The zero-order chi connectivity index (χ0) is 21.1.